The van der Waals surface area contributed by atoms with Crippen LogP contribution in [0.2, 0.25) is 0 Å². The van der Waals surface area contributed by atoms with Gasteiger partial charge in [-0.05, 0) is 24.6 Å². The number of halogens is 3. The molecule has 3 nitrogen and oxygen atoms in total. The SMILES string of the molecule is Cc1ccc(C#CCN)c(NC(=O)CC(F)(F)F)c1. The topological polar surface area (TPSA) is 55.1 Å². The molecule has 0 aromatic heterocycles. The molecule has 0 bridgehead atoms. The number of carbonyl (C=O) groups is 1. The summed E-state index contributed by atoms with van der Waals surface area (Å²) in [5.41, 5.74) is 6.73. The lowest BCUT2D eigenvalue weighted by molar-refractivity contribution is -0.150. The summed E-state index contributed by atoms with van der Waals surface area (Å²) >= 11 is 0. The van der Waals surface area contributed by atoms with Crippen molar-refractivity contribution in [2.75, 3.05) is 11.9 Å². The fraction of sp³-hybridized carbons (Fsp3) is 0.308. The molecule has 0 aliphatic rings. The highest BCUT2D eigenvalue weighted by Crippen LogP contribution is 2.22. The highest BCUT2D eigenvalue weighted by atomic mass is 19.4. The second-order valence-electron chi connectivity index (χ2n) is 3.90. The summed E-state index contributed by atoms with van der Waals surface area (Å²) < 4.78 is 36.3. The molecule has 0 fully saturated rings. The van der Waals surface area contributed by atoms with Crippen LogP contribution in [0.25, 0.3) is 0 Å². The van der Waals surface area contributed by atoms with Crippen molar-refractivity contribution in [2.24, 2.45) is 5.73 Å². The Morgan fingerprint density at radius 1 is 1.42 bits per heavy atom. The number of benzene rings is 1. The van der Waals surface area contributed by atoms with Crippen LogP contribution >= 0.6 is 0 Å². The molecule has 1 rings (SSSR count). The van der Waals surface area contributed by atoms with E-state index in [2.05, 4.69) is 17.2 Å². The smallest absolute Gasteiger partial charge is 0.325 e. The van der Waals surface area contributed by atoms with Gasteiger partial charge in [0.05, 0.1) is 12.2 Å². The van der Waals surface area contributed by atoms with Crippen molar-refractivity contribution in [3.05, 3.63) is 29.3 Å². The van der Waals surface area contributed by atoms with E-state index >= 15 is 0 Å². The summed E-state index contributed by atoms with van der Waals surface area (Å²) in [6.07, 6.45) is -6.05. The summed E-state index contributed by atoms with van der Waals surface area (Å²) in [7, 11) is 0. The van der Waals surface area contributed by atoms with Crippen LogP contribution < -0.4 is 11.1 Å². The number of nitrogens with one attached hydrogen (secondary N) is 1. The molecule has 3 N–H and O–H groups in total. The summed E-state index contributed by atoms with van der Waals surface area (Å²) in [5.74, 6) is 4.17. The average Bonchev–Trinajstić information content (AvgIpc) is 2.25. The zero-order valence-corrected chi connectivity index (χ0v) is 10.3. The van der Waals surface area contributed by atoms with Crippen LogP contribution in [-0.2, 0) is 4.79 Å². The summed E-state index contributed by atoms with van der Waals surface area (Å²) in [5, 5.41) is 2.21. The summed E-state index contributed by atoms with van der Waals surface area (Å²) in [6.45, 7) is 1.89. The minimum atomic E-state index is -4.53. The molecule has 102 valence electrons. The van der Waals surface area contributed by atoms with Gasteiger partial charge in [0, 0.05) is 5.56 Å². The first-order valence-corrected chi connectivity index (χ1v) is 5.48. The third-order valence-corrected chi connectivity index (χ3v) is 2.14. The maximum absolute atomic E-state index is 12.1. The first kappa shape index (κ1) is 15.1. The van der Waals surface area contributed by atoms with Gasteiger partial charge in [0.1, 0.15) is 6.42 Å². The Balaban J connectivity index is 2.93. The normalized spacial score (nSPS) is 10.6. The number of anilines is 1. The van der Waals surface area contributed by atoms with E-state index in [0.29, 0.717) is 5.56 Å². The molecule has 0 saturated carbocycles. The number of amides is 1. The molecule has 0 aliphatic heterocycles. The monoisotopic (exact) mass is 270 g/mol. The van der Waals surface area contributed by atoms with Crippen LogP contribution in [-0.4, -0.2) is 18.6 Å². The third-order valence-electron chi connectivity index (χ3n) is 2.14. The standard InChI is InChI=1S/C13H13F3N2O/c1-9-4-5-10(3-2-6-17)11(7-9)18-12(19)8-13(14,15)16/h4-5,7H,6,8,17H2,1H3,(H,18,19). The fourth-order valence-electron chi connectivity index (χ4n) is 1.39. The van der Waals surface area contributed by atoms with E-state index in [1.54, 1.807) is 25.1 Å². The van der Waals surface area contributed by atoms with Crippen molar-refractivity contribution in [2.45, 2.75) is 19.5 Å². The molecule has 19 heavy (non-hydrogen) atoms. The molecule has 0 saturated heterocycles. The van der Waals surface area contributed by atoms with Crippen molar-refractivity contribution in [1.29, 1.82) is 0 Å². The van der Waals surface area contributed by atoms with Crippen LogP contribution in [0.4, 0.5) is 18.9 Å². The Morgan fingerprint density at radius 3 is 2.68 bits per heavy atom. The molecule has 0 aliphatic carbocycles. The van der Waals surface area contributed by atoms with E-state index in [0.717, 1.165) is 5.56 Å². The zero-order valence-electron chi connectivity index (χ0n) is 10.3. The van der Waals surface area contributed by atoms with E-state index in [9.17, 15) is 18.0 Å². The molecular formula is C13H13F3N2O. The second kappa shape index (κ2) is 6.25. The van der Waals surface area contributed by atoms with Crippen molar-refractivity contribution < 1.29 is 18.0 Å². The van der Waals surface area contributed by atoms with E-state index in [1.165, 1.54) is 0 Å². The fourth-order valence-corrected chi connectivity index (χ4v) is 1.39. The van der Waals surface area contributed by atoms with Crippen LogP contribution in [0.3, 0.4) is 0 Å². The van der Waals surface area contributed by atoms with E-state index < -0.39 is 18.5 Å². The highest BCUT2D eigenvalue weighted by molar-refractivity contribution is 5.92. The predicted octanol–water partition coefficient (Wildman–Crippen LogP) is 2.20. The molecule has 6 heteroatoms. The average molecular weight is 270 g/mol. The van der Waals surface area contributed by atoms with Crippen LogP contribution in [0.15, 0.2) is 18.2 Å². The van der Waals surface area contributed by atoms with Gasteiger partial charge < -0.3 is 11.1 Å². The summed E-state index contributed by atoms with van der Waals surface area (Å²) in [4.78, 5) is 11.3. The van der Waals surface area contributed by atoms with Gasteiger partial charge in [-0.15, -0.1) is 0 Å². The number of nitrogens with two attached hydrogens (primary N) is 1. The highest BCUT2D eigenvalue weighted by Gasteiger charge is 2.31. The number of aryl methyl sites for hydroxylation is 1. The van der Waals surface area contributed by atoms with Gasteiger partial charge in [0.15, 0.2) is 0 Å². The molecule has 0 unspecified atom stereocenters. The predicted molar refractivity (Wildman–Crippen MR) is 66.4 cm³/mol. The maximum Gasteiger partial charge on any atom is 0.397 e. The Morgan fingerprint density at radius 2 is 2.11 bits per heavy atom. The van der Waals surface area contributed by atoms with Crippen molar-refractivity contribution in [3.63, 3.8) is 0 Å². The Labute approximate surface area is 109 Å². The molecule has 1 amide bonds. The molecule has 1 aromatic carbocycles. The van der Waals surface area contributed by atoms with Gasteiger partial charge in [-0.25, -0.2) is 0 Å². The molecule has 0 spiro atoms. The zero-order chi connectivity index (χ0) is 14.5. The van der Waals surface area contributed by atoms with Gasteiger partial charge in [0.2, 0.25) is 5.91 Å². The quantitative estimate of drug-likeness (QED) is 0.809. The third kappa shape index (κ3) is 5.44. The lowest BCUT2D eigenvalue weighted by Gasteiger charge is -2.10. The van der Waals surface area contributed by atoms with Crippen molar-refractivity contribution >= 4 is 11.6 Å². The number of rotatable bonds is 2. The molecule has 0 radical (unpaired) electrons. The maximum atomic E-state index is 12.1. The molecule has 0 atom stereocenters. The van der Waals surface area contributed by atoms with Crippen LogP contribution in [0, 0.1) is 18.8 Å². The molecule has 1 aromatic rings. The van der Waals surface area contributed by atoms with Gasteiger partial charge >= 0.3 is 6.18 Å². The minimum absolute atomic E-state index is 0.129. The number of alkyl halides is 3. The lowest BCUT2D eigenvalue weighted by Crippen LogP contribution is -2.21. The first-order chi connectivity index (χ1) is 8.81. The van der Waals surface area contributed by atoms with Gasteiger partial charge in [-0.1, -0.05) is 17.9 Å². The van der Waals surface area contributed by atoms with Gasteiger partial charge in [0.25, 0.3) is 0 Å². The van der Waals surface area contributed by atoms with E-state index in [1.807, 2.05) is 0 Å². The second-order valence-corrected chi connectivity index (χ2v) is 3.90. The van der Waals surface area contributed by atoms with Crippen LogP contribution in [0.5, 0.6) is 0 Å². The van der Waals surface area contributed by atoms with E-state index in [4.69, 9.17) is 5.73 Å². The number of hydrogen-bond donors (Lipinski definition) is 2. The first-order valence-electron chi connectivity index (χ1n) is 5.48. The largest absolute Gasteiger partial charge is 0.397 e. The Hall–Kier alpha value is -2.00. The van der Waals surface area contributed by atoms with Crippen molar-refractivity contribution in [3.8, 4) is 11.8 Å². The lowest BCUT2D eigenvalue weighted by atomic mass is 10.1. The van der Waals surface area contributed by atoms with Gasteiger partial charge in [-0.3, -0.25) is 4.79 Å². The minimum Gasteiger partial charge on any atom is -0.325 e. The molecular weight excluding hydrogens is 257 g/mol. The van der Waals surface area contributed by atoms with Gasteiger partial charge in [-0.2, -0.15) is 13.2 Å². The Kier molecular flexibility index (Phi) is 4.95. The summed E-state index contributed by atoms with van der Waals surface area (Å²) in [6, 6.07) is 4.94. The number of carbonyl (C=O) groups excluding carboxylic acids is 1. The van der Waals surface area contributed by atoms with Crippen LogP contribution in [0.1, 0.15) is 17.5 Å². The van der Waals surface area contributed by atoms with E-state index in [-0.39, 0.29) is 12.2 Å². The van der Waals surface area contributed by atoms with Crippen molar-refractivity contribution in [1.82, 2.24) is 0 Å². The Bertz CT molecular complexity index is 527. The number of hydrogen-bond acceptors (Lipinski definition) is 2. The molecule has 0 heterocycles.